The summed E-state index contributed by atoms with van der Waals surface area (Å²) in [5.74, 6) is -0.109. The normalized spacial score (nSPS) is 37.7. The Bertz CT molecular complexity index is 221. The molecular formula is C7H12N2O3. The first kappa shape index (κ1) is 7.97. The fourth-order valence-electron chi connectivity index (χ4n) is 1.54. The van der Waals surface area contributed by atoms with E-state index in [0.717, 1.165) is 6.54 Å². The summed E-state index contributed by atoms with van der Waals surface area (Å²) in [4.78, 5) is 18.4. The van der Waals surface area contributed by atoms with Crippen molar-refractivity contribution in [2.45, 2.75) is 5.72 Å². The second-order valence-electron chi connectivity index (χ2n) is 3.04. The summed E-state index contributed by atoms with van der Waals surface area (Å²) >= 11 is 0. The van der Waals surface area contributed by atoms with Gasteiger partial charge in [0, 0.05) is 13.6 Å². The molecule has 12 heavy (non-hydrogen) atoms. The molecular weight excluding hydrogens is 160 g/mol. The largest absolute Gasteiger partial charge is 0.349 e. The van der Waals surface area contributed by atoms with E-state index in [2.05, 4.69) is 0 Å². The molecule has 0 radical (unpaired) electrons. The topological polar surface area (TPSA) is 41.8 Å². The molecule has 2 rings (SSSR count). The standard InChI is InChI=1S/C7H12N2O3/c1-8(11-2)6(10)7-5-9(7)3-4-12-7/h3-5H2,1-2H3. The van der Waals surface area contributed by atoms with E-state index in [0.29, 0.717) is 13.2 Å². The van der Waals surface area contributed by atoms with Crippen LogP contribution in [0.25, 0.3) is 0 Å². The van der Waals surface area contributed by atoms with Crippen molar-refractivity contribution < 1.29 is 14.4 Å². The van der Waals surface area contributed by atoms with E-state index in [-0.39, 0.29) is 5.91 Å². The van der Waals surface area contributed by atoms with E-state index < -0.39 is 5.72 Å². The van der Waals surface area contributed by atoms with Crippen molar-refractivity contribution >= 4 is 5.91 Å². The number of ether oxygens (including phenoxy) is 1. The zero-order valence-corrected chi connectivity index (χ0v) is 7.24. The lowest BCUT2D eigenvalue weighted by Crippen LogP contribution is -2.40. The van der Waals surface area contributed by atoms with Gasteiger partial charge in [-0.25, -0.2) is 5.06 Å². The van der Waals surface area contributed by atoms with Gasteiger partial charge in [-0.2, -0.15) is 0 Å². The quantitative estimate of drug-likeness (QED) is 0.398. The molecule has 2 saturated heterocycles. The van der Waals surface area contributed by atoms with E-state index in [1.807, 2.05) is 4.90 Å². The van der Waals surface area contributed by atoms with Gasteiger partial charge in [0.05, 0.1) is 20.3 Å². The molecule has 0 aromatic carbocycles. The van der Waals surface area contributed by atoms with E-state index in [1.54, 1.807) is 7.05 Å². The highest BCUT2D eigenvalue weighted by Gasteiger charge is 2.64. The number of carbonyl (C=O) groups excluding carboxylic acids is 1. The summed E-state index contributed by atoms with van der Waals surface area (Å²) in [7, 11) is 3.06. The minimum atomic E-state index is -0.662. The van der Waals surface area contributed by atoms with Crippen molar-refractivity contribution in [3.8, 4) is 0 Å². The first-order chi connectivity index (χ1) is 5.70. The van der Waals surface area contributed by atoms with Crippen LogP contribution in [-0.2, 0) is 14.4 Å². The van der Waals surface area contributed by atoms with Gasteiger partial charge in [0.1, 0.15) is 0 Å². The molecule has 1 amide bonds. The number of fused-ring (bicyclic) bond motifs is 1. The molecule has 2 atom stereocenters. The van der Waals surface area contributed by atoms with Gasteiger partial charge >= 0.3 is 0 Å². The summed E-state index contributed by atoms with van der Waals surface area (Å²) in [6.07, 6.45) is 0. The molecule has 68 valence electrons. The first-order valence-corrected chi connectivity index (χ1v) is 3.92. The summed E-state index contributed by atoms with van der Waals surface area (Å²) in [6, 6.07) is 0. The lowest BCUT2D eigenvalue weighted by molar-refractivity contribution is -0.183. The maximum absolute atomic E-state index is 11.6. The monoisotopic (exact) mass is 172 g/mol. The van der Waals surface area contributed by atoms with Crippen LogP contribution < -0.4 is 0 Å². The number of nitrogens with zero attached hydrogens (tertiary/aromatic N) is 2. The highest BCUT2D eigenvalue weighted by Crippen LogP contribution is 2.39. The van der Waals surface area contributed by atoms with Crippen LogP contribution in [-0.4, -0.2) is 55.4 Å². The number of hydroxylamine groups is 2. The summed E-state index contributed by atoms with van der Waals surface area (Å²) in [5, 5.41) is 1.21. The number of hydrogen-bond donors (Lipinski definition) is 0. The number of likely N-dealkylation sites (N-methyl/N-ethyl adjacent to an activating group) is 1. The van der Waals surface area contributed by atoms with E-state index in [4.69, 9.17) is 9.57 Å². The fraction of sp³-hybridized carbons (Fsp3) is 0.857. The highest BCUT2D eigenvalue weighted by atomic mass is 16.7. The molecule has 0 saturated carbocycles. The average Bonchev–Trinajstić information content (AvgIpc) is 2.67. The van der Waals surface area contributed by atoms with Crippen LogP contribution >= 0.6 is 0 Å². The van der Waals surface area contributed by atoms with Crippen LogP contribution in [0.2, 0.25) is 0 Å². The Morgan fingerprint density at radius 1 is 1.75 bits per heavy atom. The summed E-state index contributed by atoms with van der Waals surface area (Å²) in [5.41, 5.74) is -0.662. The van der Waals surface area contributed by atoms with E-state index in [1.165, 1.54) is 12.2 Å². The molecule has 2 unspecified atom stereocenters. The lowest BCUT2D eigenvalue weighted by atomic mass is 10.3. The predicted octanol–water partition coefficient (Wildman–Crippen LogP) is -0.952. The highest BCUT2D eigenvalue weighted by molar-refractivity contribution is 5.87. The van der Waals surface area contributed by atoms with E-state index >= 15 is 0 Å². The van der Waals surface area contributed by atoms with Gasteiger partial charge < -0.3 is 4.74 Å². The Morgan fingerprint density at radius 3 is 2.92 bits per heavy atom. The van der Waals surface area contributed by atoms with Crippen LogP contribution in [0.3, 0.4) is 0 Å². The third-order valence-electron chi connectivity index (χ3n) is 2.41. The average molecular weight is 172 g/mol. The van der Waals surface area contributed by atoms with E-state index in [9.17, 15) is 4.79 Å². The Hall–Kier alpha value is -0.650. The molecule has 0 spiro atoms. The zero-order valence-electron chi connectivity index (χ0n) is 7.24. The van der Waals surface area contributed by atoms with Gasteiger partial charge in [0.2, 0.25) is 5.72 Å². The predicted molar refractivity (Wildman–Crippen MR) is 40.0 cm³/mol. The Morgan fingerprint density at radius 2 is 2.50 bits per heavy atom. The summed E-state index contributed by atoms with van der Waals surface area (Å²) < 4.78 is 5.35. The second kappa shape index (κ2) is 2.42. The number of amides is 1. The molecule has 2 aliphatic heterocycles. The van der Waals surface area contributed by atoms with Crippen molar-refractivity contribution in [1.29, 1.82) is 0 Å². The lowest BCUT2D eigenvalue weighted by Gasteiger charge is -2.18. The third-order valence-corrected chi connectivity index (χ3v) is 2.41. The molecule has 0 aromatic heterocycles. The molecule has 0 aromatic rings. The van der Waals surface area contributed by atoms with Crippen LogP contribution in [0.5, 0.6) is 0 Å². The van der Waals surface area contributed by atoms with Crippen LogP contribution in [0.15, 0.2) is 0 Å². The second-order valence-corrected chi connectivity index (χ2v) is 3.04. The van der Waals surface area contributed by atoms with Crippen molar-refractivity contribution in [2.24, 2.45) is 0 Å². The number of rotatable bonds is 2. The maximum atomic E-state index is 11.6. The molecule has 5 nitrogen and oxygen atoms in total. The SMILES string of the molecule is CON(C)C(=O)C12CN1CCO2. The van der Waals surface area contributed by atoms with Crippen molar-refractivity contribution in [3.05, 3.63) is 0 Å². The van der Waals surface area contributed by atoms with Gasteiger partial charge in [0.25, 0.3) is 5.91 Å². The molecule has 0 bridgehead atoms. The van der Waals surface area contributed by atoms with Gasteiger partial charge in [-0.1, -0.05) is 0 Å². The number of carbonyl (C=O) groups is 1. The first-order valence-electron chi connectivity index (χ1n) is 3.92. The van der Waals surface area contributed by atoms with Crippen LogP contribution in [0.1, 0.15) is 0 Å². The van der Waals surface area contributed by atoms with Crippen molar-refractivity contribution in [1.82, 2.24) is 9.96 Å². The summed E-state index contributed by atoms with van der Waals surface area (Å²) in [6.45, 7) is 2.20. The third kappa shape index (κ3) is 0.872. The Balaban J connectivity index is 2.05. The minimum Gasteiger partial charge on any atom is -0.349 e. The van der Waals surface area contributed by atoms with Gasteiger partial charge in [-0.05, 0) is 0 Å². The molecule has 2 fully saturated rings. The van der Waals surface area contributed by atoms with Gasteiger partial charge in [-0.15, -0.1) is 0 Å². The number of morpholine rings is 1. The molecule has 5 heteroatoms. The van der Waals surface area contributed by atoms with Crippen molar-refractivity contribution in [3.63, 3.8) is 0 Å². The molecule has 0 N–H and O–H groups in total. The smallest absolute Gasteiger partial charge is 0.294 e. The Labute approximate surface area is 70.8 Å². The Kier molecular flexibility index (Phi) is 1.61. The van der Waals surface area contributed by atoms with Crippen molar-refractivity contribution in [2.75, 3.05) is 33.9 Å². The fourth-order valence-corrected chi connectivity index (χ4v) is 1.54. The van der Waals surface area contributed by atoms with Gasteiger partial charge in [0.15, 0.2) is 0 Å². The molecule has 0 aliphatic carbocycles. The van der Waals surface area contributed by atoms with Crippen LogP contribution in [0.4, 0.5) is 0 Å². The molecule has 2 heterocycles. The maximum Gasteiger partial charge on any atom is 0.294 e. The van der Waals surface area contributed by atoms with Crippen LogP contribution in [0, 0.1) is 0 Å². The number of hydrogen-bond acceptors (Lipinski definition) is 4. The minimum absolute atomic E-state index is 0.109. The zero-order chi connectivity index (χ0) is 8.77. The van der Waals surface area contributed by atoms with Gasteiger partial charge in [-0.3, -0.25) is 14.5 Å². The molecule has 2 aliphatic rings.